The van der Waals surface area contributed by atoms with Gasteiger partial charge in [-0.05, 0) is 54.7 Å². The summed E-state index contributed by atoms with van der Waals surface area (Å²) in [7, 11) is -3.84. The highest BCUT2D eigenvalue weighted by Gasteiger charge is 2.47. The Balaban J connectivity index is 1.52. The molecule has 4 rings (SSSR count). The Morgan fingerprint density at radius 2 is 1.55 bits per heavy atom. The average molecular weight is 445 g/mol. The molecule has 1 saturated carbocycles. The first kappa shape index (κ1) is 21.6. The highest BCUT2D eigenvalue weighted by Crippen LogP contribution is 2.38. The van der Waals surface area contributed by atoms with Crippen molar-refractivity contribution in [2.45, 2.75) is 50.6 Å². The van der Waals surface area contributed by atoms with E-state index in [2.05, 4.69) is 4.72 Å². The Hall–Kier alpha value is -2.58. The number of imide groups is 1. The molecule has 1 N–H and O–H groups in total. The molecular formula is C23H25FN2O4S. The molecule has 2 aliphatic rings. The molecule has 2 atom stereocenters. The van der Waals surface area contributed by atoms with Crippen LogP contribution in [0.25, 0.3) is 0 Å². The molecule has 0 spiro atoms. The number of carbonyl (C=O) groups is 2. The minimum absolute atomic E-state index is 0.0265. The maximum atomic E-state index is 13.1. The van der Waals surface area contributed by atoms with Gasteiger partial charge in [0, 0.05) is 6.54 Å². The van der Waals surface area contributed by atoms with Crippen LogP contribution >= 0.6 is 0 Å². The number of amides is 2. The van der Waals surface area contributed by atoms with Crippen molar-refractivity contribution in [2.75, 3.05) is 0 Å². The Morgan fingerprint density at radius 3 is 2.16 bits per heavy atom. The summed E-state index contributed by atoms with van der Waals surface area (Å²) in [6.45, 7) is 1.79. The van der Waals surface area contributed by atoms with Gasteiger partial charge in [-0.2, -0.15) is 0 Å². The lowest BCUT2D eigenvalue weighted by Crippen LogP contribution is -2.30. The van der Waals surface area contributed by atoms with Gasteiger partial charge in [0.1, 0.15) is 5.82 Å². The summed E-state index contributed by atoms with van der Waals surface area (Å²) in [5.41, 5.74) is 1.78. The van der Waals surface area contributed by atoms with Crippen molar-refractivity contribution in [3.05, 3.63) is 65.0 Å². The smallest absolute Gasteiger partial charge is 0.241 e. The summed E-state index contributed by atoms with van der Waals surface area (Å²) in [5.74, 6) is -1.14. The van der Waals surface area contributed by atoms with E-state index < -0.39 is 10.0 Å². The van der Waals surface area contributed by atoms with E-state index >= 15 is 0 Å². The maximum absolute atomic E-state index is 13.1. The molecule has 0 radical (unpaired) electrons. The molecule has 0 unspecified atom stereocenters. The molecule has 2 aromatic carbocycles. The van der Waals surface area contributed by atoms with Crippen molar-refractivity contribution < 1.29 is 22.4 Å². The van der Waals surface area contributed by atoms with Crippen molar-refractivity contribution in [3.8, 4) is 0 Å². The lowest BCUT2D eigenvalue weighted by Gasteiger charge is -2.19. The Morgan fingerprint density at radius 1 is 0.968 bits per heavy atom. The number of nitrogens with one attached hydrogen (secondary N) is 1. The number of benzene rings is 2. The Kier molecular flexibility index (Phi) is 5.94. The van der Waals surface area contributed by atoms with Gasteiger partial charge in [-0.3, -0.25) is 14.5 Å². The van der Waals surface area contributed by atoms with Gasteiger partial charge in [0.05, 0.1) is 23.3 Å². The minimum Gasteiger partial charge on any atom is -0.278 e. The Bertz CT molecular complexity index is 1090. The highest BCUT2D eigenvalue weighted by atomic mass is 32.2. The highest BCUT2D eigenvalue weighted by molar-refractivity contribution is 7.89. The number of fused-ring (bicyclic) bond motifs is 1. The molecule has 0 bridgehead atoms. The van der Waals surface area contributed by atoms with Gasteiger partial charge in [0.2, 0.25) is 21.8 Å². The van der Waals surface area contributed by atoms with Gasteiger partial charge in [-0.1, -0.05) is 37.1 Å². The largest absolute Gasteiger partial charge is 0.278 e. The number of halogens is 1. The van der Waals surface area contributed by atoms with Gasteiger partial charge in [-0.15, -0.1) is 0 Å². The van der Waals surface area contributed by atoms with Crippen molar-refractivity contribution in [1.29, 1.82) is 0 Å². The van der Waals surface area contributed by atoms with Crippen LogP contribution in [0.4, 0.5) is 4.39 Å². The predicted molar refractivity (Wildman–Crippen MR) is 113 cm³/mol. The number of sulfonamides is 1. The van der Waals surface area contributed by atoms with Crippen LogP contribution in [0, 0.1) is 24.6 Å². The zero-order chi connectivity index (χ0) is 22.2. The van der Waals surface area contributed by atoms with Crippen molar-refractivity contribution in [1.82, 2.24) is 9.62 Å². The lowest BCUT2D eigenvalue weighted by atomic mass is 9.81. The third kappa shape index (κ3) is 4.41. The molecular weight excluding hydrogens is 419 g/mol. The van der Waals surface area contributed by atoms with Gasteiger partial charge in [0.15, 0.2) is 0 Å². The lowest BCUT2D eigenvalue weighted by molar-refractivity contribution is -0.140. The van der Waals surface area contributed by atoms with E-state index in [-0.39, 0.29) is 47.5 Å². The third-order valence-electron chi connectivity index (χ3n) is 6.19. The fourth-order valence-electron chi connectivity index (χ4n) is 4.46. The van der Waals surface area contributed by atoms with E-state index in [0.29, 0.717) is 16.7 Å². The summed E-state index contributed by atoms with van der Waals surface area (Å²) >= 11 is 0. The molecule has 1 saturated heterocycles. The summed E-state index contributed by atoms with van der Waals surface area (Å²) < 4.78 is 41.4. The average Bonchev–Trinajstić information content (AvgIpc) is 2.99. The predicted octanol–water partition coefficient (Wildman–Crippen LogP) is 3.29. The number of carbonyl (C=O) groups excluding carboxylic acids is 2. The molecule has 1 heterocycles. The van der Waals surface area contributed by atoms with E-state index in [4.69, 9.17) is 0 Å². The van der Waals surface area contributed by atoms with Crippen LogP contribution in [0.3, 0.4) is 0 Å². The summed E-state index contributed by atoms with van der Waals surface area (Å²) in [5, 5.41) is 0. The number of nitrogens with zero attached hydrogens (tertiary/aromatic N) is 1. The standard InChI is InChI=1S/C23H25FN2O4S/c1-15-6-7-17(14-26-22(27)19-4-2-3-5-20(19)23(26)28)12-21(15)31(29,30)25-13-16-8-10-18(24)11-9-16/h6-12,19-20,25H,2-5,13-14H2,1H3/t19-,20-/m0/s1. The van der Waals surface area contributed by atoms with E-state index in [9.17, 15) is 22.4 Å². The van der Waals surface area contributed by atoms with Crippen LogP contribution in [0.2, 0.25) is 0 Å². The molecule has 1 aliphatic carbocycles. The van der Waals surface area contributed by atoms with Crippen molar-refractivity contribution >= 4 is 21.8 Å². The van der Waals surface area contributed by atoms with Crippen LogP contribution in [0.15, 0.2) is 47.4 Å². The molecule has 31 heavy (non-hydrogen) atoms. The second-order valence-corrected chi connectivity index (χ2v) is 10.0. The fraction of sp³-hybridized carbons (Fsp3) is 0.391. The van der Waals surface area contributed by atoms with Crippen molar-refractivity contribution in [2.24, 2.45) is 11.8 Å². The zero-order valence-corrected chi connectivity index (χ0v) is 18.1. The van der Waals surface area contributed by atoms with E-state index in [0.717, 1.165) is 25.7 Å². The summed E-state index contributed by atoms with van der Waals surface area (Å²) in [6, 6.07) is 10.5. The SMILES string of the molecule is Cc1ccc(CN2C(=O)[C@H]3CCCC[C@@H]3C2=O)cc1S(=O)(=O)NCc1ccc(F)cc1. The van der Waals surface area contributed by atoms with E-state index in [1.165, 1.54) is 35.2 Å². The Labute approximate surface area is 181 Å². The summed E-state index contributed by atoms with van der Waals surface area (Å²) in [6.07, 6.45) is 3.40. The number of aryl methyl sites for hydroxylation is 1. The number of hydrogen-bond acceptors (Lipinski definition) is 4. The quantitative estimate of drug-likeness (QED) is 0.693. The molecule has 164 valence electrons. The van der Waals surface area contributed by atoms with E-state index in [1.54, 1.807) is 19.1 Å². The molecule has 2 amide bonds. The molecule has 2 fully saturated rings. The molecule has 1 aliphatic heterocycles. The maximum Gasteiger partial charge on any atom is 0.241 e. The molecule has 8 heteroatoms. The van der Waals surface area contributed by atoms with Crippen LogP contribution in [-0.2, 0) is 32.7 Å². The van der Waals surface area contributed by atoms with Gasteiger partial charge >= 0.3 is 0 Å². The first-order valence-corrected chi connectivity index (χ1v) is 11.9. The van der Waals surface area contributed by atoms with Gasteiger partial charge in [0.25, 0.3) is 0 Å². The fourth-order valence-corrected chi connectivity index (χ4v) is 5.77. The normalized spacial score (nSPS) is 21.4. The van der Waals surface area contributed by atoms with Crippen LogP contribution < -0.4 is 4.72 Å². The number of hydrogen-bond donors (Lipinski definition) is 1. The zero-order valence-electron chi connectivity index (χ0n) is 17.3. The number of rotatable bonds is 6. The van der Waals surface area contributed by atoms with Gasteiger partial charge in [-0.25, -0.2) is 17.5 Å². The first-order valence-electron chi connectivity index (χ1n) is 10.4. The van der Waals surface area contributed by atoms with Gasteiger partial charge < -0.3 is 0 Å². The van der Waals surface area contributed by atoms with Crippen molar-refractivity contribution in [3.63, 3.8) is 0 Å². The monoisotopic (exact) mass is 444 g/mol. The third-order valence-corrected chi connectivity index (χ3v) is 7.74. The topological polar surface area (TPSA) is 83.6 Å². The number of likely N-dealkylation sites (tertiary alicyclic amines) is 1. The van der Waals surface area contributed by atoms with Crippen LogP contribution in [0.1, 0.15) is 42.4 Å². The molecule has 0 aromatic heterocycles. The van der Waals surface area contributed by atoms with Crippen LogP contribution in [-0.4, -0.2) is 25.1 Å². The second-order valence-electron chi connectivity index (χ2n) is 8.31. The van der Waals surface area contributed by atoms with Crippen LogP contribution in [0.5, 0.6) is 0 Å². The molecule has 6 nitrogen and oxygen atoms in total. The first-order chi connectivity index (χ1) is 14.8. The minimum atomic E-state index is -3.84. The summed E-state index contributed by atoms with van der Waals surface area (Å²) in [4.78, 5) is 26.9. The second kappa shape index (κ2) is 8.51. The molecule has 2 aromatic rings. The van der Waals surface area contributed by atoms with E-state index in [1.807, 2.05) is 0 Å².